The molecule has 0 atom stereocenters. The second-order valence-electron chi connectivity index (χ2n) is 3.93. The van der Waals surface area contributed by atoms with Crippen molar-refractivity contribution in [3.8, 4) is 10.6 Å². The summed E-state index contributed by atoms with van der Waals surface area (Å²) in [4.78, 5) is 8.83. The number of rotatable bonds is 2. The molecular weight excluding hydrogens is 274 g/mol. The molecule has 0 saturated heterocycles. The first-order chi connectivity index (χ1) is 7.17. The van der Waals surface area contributed by atoms with Gasteiger partial charge in [0.2, 0.25) is 0 Å². The third kappa shape index (κ3) is 1.64. The fourth-order valence-corrected chi connectivity index (χ4v) is 2.92. The van der Waals surface area contributed by atoms with Crippen molar-refractivity contribution in [2.75, 3.05) is 0 Å². The minimum absolute atomic E-state index is 0.174. The van der Waals surface area contributed by atoms with E-state index >= 15 is 0 Å². The molecule has 0 bridgehead atoms. The van der Waals surface area contributed by atoms with Gasteiger partial charge in [-0.25, -0.2) is 4.98 Å². The molecule has 1 saturated carbocycles. The van der Waals surface area contributed by atoms with E-state index in [2.05, 4.69) is 37.3 Å². The Morgan fingerprint density at radius 3 is 2.93 bits per heavy atom. The molecule has 0 amide bonds. The summed E-state index contributed by atoms with van der Waals surface area (Å²) in [6.45, 7) is 0. The molecule has 0 aliphatic heterocycles. The van der Waals surface area contributed by atoms with Gasteiger partial charge < -0.3 is 10.7 Å². The minimum Gasteiger partial charge on any atom is -0.340 e. The van der Waals surface area contributed by atoms with Gasteiger partial charge >= 0.3 is 0 Å². The van der Waals surface area contributed by atoms with Crippen molar-refractivity contribution in [3.05, 3.63) is 27.9 Å². The molecule has 2 aromatic rings. The molecule has 1 aliphatic rings. The number of nitrogens with one attached hydrogen (secondary N) is 1. The molecule has 78 valence electrons. The average Bonchev–Trinajstić information content (AvgIpc) is 2.72. The Labute approximate surface area is 99.9 Å². The first kappa shape index (κ1) is 9.57. The Kier molecular flexibility index (Phi) is 2.02. The monoisotopic (exact) mass is 283 g/mol. The lowest BCUT2D eigenvalue weighted by Gasteiger charge is -2.02. The molecule has 0 aromatic carbocycles. The Morgan fingerprint density at radius 1 is 1.53 bits per heavy atom. The topological polar surface area (TPSA) is 54.7 Å². The predicted molar refractivity (Wildman–Crippen MR) is 64.7 cm³/mol. The van der Waals surface area contributed by atoms with E-state index in [-0.39, 0.29) is 5.54 Å². The zero-order valence-corrected chi connectivity index (χ0v) is 10.4. The molecule has 3 N–H and O–H groups in total. The zero-order chi connectivity index (χ0) is 10.5. The Morgan fingerprint density at radius 2 is 2.33 bits per heavy atom. The van der Waals surface area contributed by atoms with Crippen LogP contribution in [0.4, 0.5) is 0 Å². The smallest absolute Gasteiger partial charge is 0.126 e. The maximum absolute atomic E-state index is 6.06. The van der Waals surface area contributed by atoms with Gasteiger partial charge in [-0.1, -0.05) is 0 Å². The van der Waals surface area contributed by atoms with Gasteiger partial charge in [0.05, 0.1) is 22.3 Å². The molecule has 3 rings (SSSR count). The zero-order valence-electron chi connectivity index (χ0n) is 7.96. The predicted octanol–water partition coefficient (Wildman–Crippen LogP) is 2.85. The number of aromatic nitrogens is 2. The number of imidazole rings is 1. The van der Waals surface area contributed by atoms with Gasteiger partial charge in [-0.05, 0) is 34.8 Å². The molecule has 5 heteroatoms. The SMILES string of the molecule is NC1(c2ncc(-c3cc(Br)cs3)[nH]2)CC1. The van der Waals surface area contributed by atoms with Crippen LogP contribution in [0, 0.1) is 0 Å². The lowest BCUT2D eigenvalue weighted by atomic mass is 10.3. The Hall–Kier alpha value is -0.650. The van der Waals surface area contributed by atoms with Gasteiger partial charge in [0.25, 0.3) is 0 Å². The summed E-state index contributed by atoms with van der Waals surface area (Å²) < 4.78 is 1.10. The van der Waals surface area contributed by atoms with Crippen LogP contribution in [0.1, 0.15) is 18.7 Å². The fraction of sp³-hybridized carbons (Fsp3) is 0.300. The van der Waals surface area contributed by atoms with Crippen molar-refractivity contribution in [3.63, 3.8) is 0 Å². The highest BCUT2D eigenvalue weighted by Gasteiger charge is 2.42. The summed E-state index contributed by atoms with van der Waals surface area (Å²) in [6.07, 6.45) is 3.93. The molecule has 3 nitrogen and oxygen atoms in total. The molecule has 1 aliphatic carbocycles. The van der Waals surface area contributed by atoms with E-state index in [0.717, 1.165) is 28.8 Å². The van der Waals surface area contributed by atoms with E-state index in [1.165, 1.54) is 4.88 Å². The van der Waals surface area contributed by atoms with Crippen LogP contribution in [-0.2, 0) is 5.54 Å². The number of halogens is 1. The van der Waals surface area contributed by atoms with Crippen molar-refractivity contribution in [2.24, 2.45) is 5.73 Å². The summed E-state index contributed by atoms with van der Waals surface area (Å²) in [7, 11) is 0. The molecule has 0 spiro atoms. The molecule has 15 heavy (non-hydrogen) atoms. The largest absolute Gasteiger partial charge is 0.340 e. The highest BCUT2D eigenvalue weighted by molar-refractivity contribution is 9.10. The van der Waals surface area contributed by atoms with E-state index in [1.807, 2.05) is 6.20 Å². The Balaban J connectivity index is 1.97. The standard InChI is InChI=1S/C10H10BrN3S/c11-6-3-8(15-5-6)7-4-13-9(14-7)10(12)1-2-10/h3-5H,1-2,12H2,(H,13,14). The third-order valence-corrected chi connectivity index (χ3v) is 4.39. The number of H-pyrrole nitrogens is 1. The normalized spacial score (nSPS) is 18.0. The number of thiophene rings is 1. The van der Waals surface area contributed by atoms with Crippen LogP contribution in [0.3, 0.4) is 0 Å². The summed E-state index contributed by atoms with van der Waals surface area (Å²) >= 11 is 5.13. The number of nitrogens with two attached hydrogens (primary N) is 1. The molecular formula is C10H10BrN3S. The quantitative estimate of drug-likeness (QED) is 0.891. The second-order valence-corrected chi connectivity index (χ2v) is 5.76. The maximum Gasteiger partial charge on any atom is 0.126 e. The highest BCUT2D eigenvalue weighted by Crippen LogP contribution is 2.41. The van der Waals surface area contributed by atoms with Crippen LogP contribution in [0.15, 0.2) is 22.1 Å². The highest BCUT2D eigenvalue weighted by atomic mass is 79.9. The van der Waals surface area contributed by atoms with Crippen LogP contribution in [0.2, 0.25) is 0 Å². The summed E-state index contributed by atoms with van der Waals surface area (Å²) in [5.74, 6) is 0.919. The molecule has 1 fully saturated rings. The number of hydrogen-bond acceptors (Lipinski definition) is 3. The van der Waals surface area contributed by atoms with E-state index in [9.17, 15) is 0 Å². The van der Waals surface area contributed by atoms with E-state index in [1.54, 1.807) is 11.3 Å². The van der Waals surface area contributed by atoms with Crippen LogP contribution >= 0.6 is 27.3 Å². The van der Waals surface area contributed by atoms with Gasteiger partial charge in [0.15, 0.2) is 0 Å². The number of hydrogen-bond donors (Lipinski definition) is 2. The van der Waals surface area contributed by atoms with E-state index in [0.29, 0.717) is 0 Å². The van der Waals surface area contributed by atoms with Crippen LogP contribution in [0.25, 0.3) is 10.6 Å². The lowest BCUT2D eigenvalue weighted by molar-refractivity contribution is 0.685. The third-order valence-electron chi connectivity index (χ3n) is 2.67. The van der Waals surface area contributed by atoms with Gasteiger partial charge in [-0.3, -0.25) is 0 Å². The first-order valence-corrected chi connectivity index (χ1v) is 6.43. The fourth-order valence-electron chi connectivity index (χ4n) is 1.53. The maximum atomic E-state index is 6.06. The van der Waals surface area contributed by atoms with Crippen molar-refractivity contribution in [1.82, 2.24) is 9.97 Å². The Bertz CT molecular complexity index is 498. The van der Waals surface area contributed by atoms with Crippen molar-refractivity contribution < 1.29 is 0 Å². The minimum atomic E-state index is -0.174. The average molecular weight is 284 g/mol. The summed E-state index contributed by atoms with van der Waals surface area (Å²) in [6, 6.07) is 2.08. The lowest BCUT2D eigenvalue weighted by Crippen LogP contribution is -2.20. The van der Waals surface area contributed by atoms with Crippen molar-refractivity contribution in [2.45, 2.75) is 18.4 Å². The molecule has 2 aromatic heterocycles. The summed E-state index contributed by atoms with van der Waals surface area (Å²) in [5, 5.41) is 2.06. The van der Waals surface area contributed by atoms with Gasteiger partial charge in [-0.15, -0.1) is 11.3 Å². The van der Waals surface area contributed by atoms with Gasteiger partial charge in [0.1, 0.15) is 5.82 Å². The van der Waals surface area contributed by atoms with Gasteiger partial charge in [-0.2, -0.15) is 0 Å². The van der Waals surface area contributed by atoms with Crippen molar-refractivity contribution in [1.29, 1.82) is 0 Å². The van der Waals surface area contributed by atoms with Crippen LogP contribution < -0.4 is 5.73 Å². The van der Waals surface area contributed by atoms with Crippen molar-refractivity contribution >= 4 is 27.3 Å². The number of aromatic amines is 1. The molecule has 0 radical (unpaired) electrons. The summed E-state index contributed by atoms with van der Waals surface area (Å²) in [5.41, 5.74) is 6.94. The number of nitrogens with zero attached hydrogens (tertiary/aromatic N) is 1. The first-order valence-electron chi connectivity index (χ1n) is 4.76. The molecule has 0 unspecified atom stereocenters. The second kappa shape index (κ2) is 3.17. The van der Waals surface area contributed by atoms with Crippen LogP contribution in [-0.4, -0.2) is 9.97 Å². The van der Waals surface area contributed by atoms with Gasteiger partial charge in [0, 0.05) is 9.85 Å². The van der Waals surface area contributed by atoms with E-state index < -0.39 is 0 Å². The van der Waals surface area contributed by atoms with Crippen LogP contribution in [0.5, 0.6) is 0 Å². The van der Waals surface area contributed by atoms with E-state index in [4.69, 9.17) is 5.73 Å². The molecule has 2 heterocycles.